The van der Waals surface area contributed by atoms with E-state index in [0.717, 1.165) is 23.5 Å². The van der Waals surface area contributed by atoms with E-state index >= 15 is 0 Å². The molecule has 0 bridgehead atoms. The Morgan fingerprint density at radius 1 is 0.962 bits per heavy atom. The average molecular weight is 354 g/mol. The maximum absolute atomic E-state index is 12.5. The molecule has 2 rings (SSSR count). The monoisotopic (exact) mass is 353 g/mol. The lowest BCUT2D eigenvalue weighted by Crippen LogP contribution is -2.30. The molecule has 1 N–H and O–H groups in total. The second-order valence-corrected chi connectivity index (χ2v) is 7.14. The van der Waals surface area contributed by atoms with Crippen LogP contribution in [0.2, 0.25) is 0 Å². The zero-order valence-electron chi connectivity index (χ0n) is 16.4. The summed E-state index contributed by atoms with van der Waals surface area (Å²) in [7, 11) is 0. The summed E-state index contributed by atoms with van der Waals surface area (Å²) in [6, 6.07) is 17.8. The molecule has 1 amide bonds. The van der Waals surface area contributed by atoms with Crippen molar-refractivity contribution in [3.05, 3.63) is 65.7 Å². The van der Waals surface area contributed by atoms with E-state index in [1.807, 2.05) is 68.4 Å². The highest BCUT2D eigenvalue weighted by molar-refractivity contribution is 5.83. The quantitative estimate of drug-likeness (QED) is 0.648. The molecule has 3 nitrogen and oxygen atoms in total. The van der Waals surface area contributed by atoms with Crippen LogP contribution in [0, 0.1) is 5.92 Å². The molecule has 26 heavy (non-hydrogen) atoms. The van der Waals surface area contributed by atoms with E-state index in [4.69, 9.17) is 4.74 Å². The lowest BCUT2D eigenvalue weighted by Gasteiger charge is -2.19. The molecule has 3 heteroatoms. The molecule has 140 valence electrons. The lowest BCUT2D eigenvalue weighted by molar-refractivity contribution is -0.122. The van der Waals surface area contributed by atoms with Crippen LogP contribution >= 0.6 is 0 Å². The number of nitrogens with one attached hydrogen (secondary N) is 1. The average Bonchev–Trinajstić information content (AvgIpc) is 2.67. The third-order valence-corrected chi connectivity index (χ3v) is 4.75. The third-order valence-electron chi connectivity index (χ3n) is 4.75. The van der Waals surface area contributed by atoms with Gasteiger partial charge in [0.15, 0.2) is 0 Å². The number of rotatable bonds is 9. The van der Waals surface area contributed by atoms with Crippen LogP contribution in [0.25, 0.3) is 0 Å². The molecule has 1 unspecified atom stereocenters. The minimum absolute atomic E-state index is 0.0393. The molecule has 0 aliphatic rings. The Morgan fingerprint density at radius 3 is 2.23 bits per heavy atom. The summed E-state index contributed by atoms with van der Waals surface area (Å²) in [5.74, 6) is 1.32. The molecular formula is C23H31NO2. The maximum Gasteiger partial charge on any atom is 0.227 e. The van der Waals surface area contributed by atoms with Gasteiger partial charge in [-0.05, 0) is 49.4 Å². The number of hydrogen-bond donors (Lipinski definition) is 1. The van der Waals surface area contributed by atoms with E-state index in [9.17, 15) is 4.79 Å². The summed E-state index contributed by atoms with van der Waals surface area (Å²) in [6.45, 7) is 9.09. The largest absolute Gasteiger partial charge is 0.493 e. The Kier molecular flexibility index (Phi) is 7.71. The van der Waals surface area contributed by atoms with Crippen molar-refractivity contribution in [1.82, 2.24) is 5.32 Å². The molecule has 2 aromatic carbocycles. The van der Waals surface area contributed by atoms with Crippen molar-refractivity contribution in [3.63, 3.8) is 0 Å². The summed E-state index contributed by atoms with van der Waals surface area (Å²) in [4.78, 5) is 12.5. The molecule has 0 aliphatic heterocycles. The lowest BCUT2D eigenvalue weighted by atomic mass is 9.99. The van der Waals surface area contributed by atoms with Gasteiger partial charge in [0.2, 0.25) is 5.91 Å². The highest BCUT2D eigenvalue weighted by Crippen LogP contribution is 2.21. The Balaban J connectivity index is 1.89. The molecule has 0 spiro atoms. The van der Waals surface area contributed by atoms with E-state index in [-0.39, 0.29) is 17.9 Å². The van der Waals surface area contributed by atoms with Crippen molar-refractivity contribution in [2.75, 3.05) is 6.61 Å². The van der Waals surface area contributed by atoms with Crippen molar-refractivity contribution in [2.45, 2.75) is 52.5 Å². The predicted molar refractivity (Wildman–Crippen MR) is 107 cm³/mol. The number of ether oxygens (including phenoxy) is 1. The summed E-state index contributed by atoms with van der Waals surface area (Å²) in [5, 5.41) is 3.10. The summed E-state index contributed by atoms with van der Waals surface area (Å²) in [6.07, 6.45) is 2.36. The highest BCUT2D eigenvalue weighted by atomic mass is 16.5. The Bertz CT molecular complexity index is 666. The van der Waals surface area contributed by atoms with Gasteiger partial charge in [0.05, 0.1) is 18.6 Å². The highest BCUT2D eigenvalue weighted by Gasteiger charge is 2.17. The molecular weight excluding hydrogens is 322 g/mol. The van der Waals surface area contributed by atoms with Crippen LogP contribution in [0.5, 0.6) is 5.75 Å². The van der Waals surface area contributed by atoms with Gasteiger partial charge in [-0.1, -0.05) is 62.7 Å². The molecule has 0 radical (unpaired) electrons. The van der Waals surface area contributed by atoms with E-state index in [0.29, 0.717) is 5.92 Å². The van der Waals surface area contributed by atoms with Crippen molar-refractivity contribution in [2.24, 2.45) is 5.92 Å². The third kappa shape index (κ3) is 5.91. The van der Waals surface area contributed by atoms with Crippen LogP contribution in [-0.4, -0.2) is 12.5 Å². The molecule has 2 aromatic rings. The van der Waals surface area contributed by atoms with Gasteiger partial charge in [0.25, 0.3) is 0 Å². The first kappa shape index (κ1) is 20.0. The van der Waals surface area contributed by atoms with Crippen molar-refractivity contribution in [1.29, 1.82) is 0 Å². The first-order valence-corrected chi connectivity index (χ1v) is 9.59. The normalized spacial score (nSPS) is 14.3. The summed E-state index contributed by atoms with van der Waals surface area (Å²) >= 11 is 0. The van der Waals surface area contributed by atoms with E-state index in [1.165, 1.54) is 12.8 Å². The smallest absolute Gasteiger partial charge is 0.227 e. The minimum Gasteiger partial charge on any atom is -0.493 e. The predicted octanol–water partition coefficient (Wildman–Crippen LogP) is 5.48. The molecule has 3 atom stereocenters. The standard InChI is InChI=1S/C23H31NO2/c1-5-9-17(2)16-26-22-14-12-21(13-15-22)19(4)24-23(25)18(3)20-10-7-6-8-11-20/h6-8,10-15,17-19H,5,9,16H2,1-4H3,(H,24,25)/t17?,18-,19+/m0/s1. The van der Waals surface area contributed by atoms with Gasteiger partial charge >= 0.3 is 0 Å². The van der Waals surface area contributed by atoms with Crippen LogP contribution in [0.4, 0.5) is 0 Å². The van der Waals surface area contributed by atoms with Gasteiger partial charge < -0.3 is 10.1 Å². The Labute approximate surface area is 157 Å². The minimum atomic E-state index is -0.165. The van der Waals surface area contributed by atoms with E-state index in [2.05, 4.69) is 19.2 Å². The fourth-order valence-electron chi connectivity index (χ4n) is 2.98. The second kappa shape index (κ2) is 10.0. The summed E-state index contributed by atoms with van der Waals surface area (Å²) in [5.41, 5.74) is 2.11. The molecule has 0 heterocycles. The van der Waals surface area contributed by atoms with Crippen LogP contribution in [0.1, 0.15) is 63.6 Å². The molecule has 0 saturated heterocycles. The van der Waals surface area contributed by atoms with Crippen LogP contribution < -0.4 is 10.1 Å². The van der Waals surface area contributed by atoms with Crippen molar-refractivity contribution < 1.29 is 9.53 Å². The number of amides is 1. The number of carbonyl (C=O) groups excluding carboxylic acids is 1. The Hall–Kier alpha value is -2.29. The van der Waals surface area contributed by atoms with Gasteiger partial charge in [0, 0.05) is 0 Å². The molecule has 0 aliphatic carbocycles. The van der Waals surface area contributed by atoms with Crippen LogP contribution in [0.3, 0.4) is 0 Å². The topological polar surface area (TPSA) is 38.3 Å². The number of hydrogen-bond acceptors (Lipinski definition) is 2. The SMILES string of the molecule is CCCC(C)COc1ccc([C@@H](C)NC(=O)[C@@H](C)c2ccccc2)cc1. The first-order valence-electron chi connectivity index (χ1n) is 9.59. The molecule has 0 aromatic heterocycles. The number of carbonyl (C=O) groups is 1. The Morgan fingerprint density at radius 2 is 1.62 bits per heavy atom. The van der Waals surface area contributed by atoms with Gasteiger partial charge in [-0.2, -0.15) is 0 Å². The maximum atomic E-state index is 12.5. The second-order valence-electron chi connectivity index (χ2n) is 7.14. The fraction of sp³-hybridized carbons (Fsp3) is 0.435. The summed E-state index contributed by atoms with van der Waals surface area (Å²) < 4.78 is 5.84. The van der Waals surface area contributed by atoms with Gasteiger partial charge in [0.1, 0.15) is 5.75 Å². The molecule has 0 saturated carbocycles. The zero-order chi connectivity index (χ0) is 18.9. The fourth-order valence-corrected chi connectivity index (χ4v) is 2.98. The number of benzene rings is 2. The van der Waals surface area contributed by atoms with E-state index < -0.39 is 0 Å². The first-order chi connectivity index (χ1) is 12.5. The van der Waals surface area contributed by atoms with E-state index in [1.54, 1.807) is 0 Å². The van der Waals surface area contributed by atoms with Gasteiger partial charge in [-0.15, -0.1) is 0 Å². The van der Waals surface area contributed by atoms with Crippen LogP contribution in [-0.2, 0) is 4.79 Å². The van der Waals surface area contributed by atoms with Gasteiger partial charge in [-0.25, -0.2) is 0 Å². The van der Waals surface area contributed by atoms with Crippen molar-refractivity contribution >= 4 is 5.91 Å². The molecule has 0 fully saturated rings. The van der Waals surface area contributed by atoms with Gasteiger partial charge in [-0.3, -0.25) is 4.79 Å². The van der Waals surface area contributed by atoms with Crippen molar-refractivity contribution in [3.8, 4) is 5.75 Å². The zero-order valence-corrected chi connectivity index (χ0v) is 16.4. The van der Waals surface area contributed by atoms with Crippen LogP contribution in [0.15, 0.2) is 54.6 Å².